The Morgan fingerprint density at radius 1 is 0.894 bits per heavy atom. The number of piperazine rings is 1. The summed E-state index contributed by atoms with van der Waals surface area (Å²) in [5.74, 6) is 2.49. The van der Waals surface area contributed by atoms with Gasteiger partial charge in [0.1, 0.15) is 35.4 Å². The van der Waals surface area contributed by atoms with Gasteiger partial charge in [0, 0.05) is 56.8 Å². The van der Waals surface area contributed by atoms with Crippen LogP contribution >= 0.6 is 0 Å². The zero-order chi connectivity index (χ0) is 33.2. The Balaban J connectivity index is 1.30. The van der Waals surface area contributed by atoms with E-state index in [0.717, 1.165) is 28.2 Å². The van der Waals surface area contributed by atoms with E-state index in [1.165, 1.54) is 0 Å². The Bertz CT molecular complexity index is 1640. The Hall–Kier alpha value is -5.26. The maximum absolute atomic E-state index is 12.5. The molecular weight excluding hydrogens is 598 g/mol. The number of carbonyl (C=O) groups excluding carboxylic acids is 2. The van der Waals surface area contributed by atoms with Crippen molar-refractivity contribution < 1.29 is 23.8 Å². The highest BCUT2D eigenvalue weighted by atomic mass is 16.6. The normalized spacial score (nSPS) is 13.2. The van der Waals surface area contributed by atoms with Gasteiger partial charge in [0.25, 0.3) is 0 Å². The second kappa shape index (κ2) is 15.4. The summed E-state index contributed by atoms with van der Waals surface area (Å²) < 4.78 is 16.7. The standard InChI is InChI=1S/C35H41N7O5/c1-5-45-33(43)11-8-25-6-9-28(10-7-25)46-24-26-20-29(39-30(21-26)40-31-23-36-14-15-37-31)27-12-13-38-32(22-27)41-16-18-42(19-17-41)34(44)47-35(2,3)4/h6-7,9-10,12-15,20-23H,5,8,11,16-19,24H2,1-4H3,(H,37,39,40). The Morgan fingerprint density at radius 3 is 2.38 bits per heavy atom. The number of pyridine rings is 2. The number of esters is 1. The minimum atomic E-state index is -0.533. The maximum atomic E-state index is 12.5. The van der Waals surface area contributed by atoms with Gasteiger partial charge in [-0.15, -0.1) is 0 Å². The summed E-state index contributed by atoms with van der Waals surface area (Å²) in [4.78, 5) is 46.1. The van der Waals surface area contributed by atoms with Crippen LogP contribution in [-0.2, 0) is 27.3 Å². The van der Waals surface area contributed by atoms with E-state index in [2.05, 4.69) is 25.2 Å². The van der Waals surface area contributed by atoms with Crippen LogP contribution in [0.1, 0.15) is 45.2 Å². The predicted octanol–water partition coefficient (Wildman–Crippen LogP) is 5.81. The summed E-state index contributed by atoms with van der Waals surface area (Å²) in [5.41, 5.74) is 3.03. The van der Waals surface area contributed by atoms with Crippen LogP contribution in [0.15, 0.2) is 73.3 Å². The molecule has 1 N–H and O–H groups in total. The first-order valence-corrected chi connectivity index (χ1v) is 15.8. The van der Waals surface area contributed by atoms with Crippen molar-refractivity contribution in [3.63, 3.8) is 0 Å². The molecule has 4 heterocycles. The molecule has 0 radical (unpaired) electrons. The van der Waals surface area contributed by atoms with Gasteiger partial charge < -0.3 is 29.3 Å². The van der Waals surface area contributed by atoms with Crippen molar-refractivity contribution >= 4 is 29.5 Å². The highest BCUT2D eigenvalue weighted by Crippen LogP contribution is 2.27. The third kappa shape index (κ3) is 9.86. The second-order valence-corrected chi connectivity index (χ2v) is 12.1. The monoisotopic (exact) mass is 639 g/mol. The van der Waals surface area contributed by atoms with Crippen molar-refractivity contribution in [1.29, 1.82) is 0 Å². The van der Waals surface area contributed by atoms with Gasteiger partial charge in [-0.05, 0) is 81.6 Å². The fourth-order valence-corrected chi connectivity index (χ4v) is 4.97. The molecule has 0 aliphatic carbocycles. The Kier molecular flexibility index (Phi) is 10.8. The molecule has 0 atom stereocenters. The van der Waals surface area contributed by atoms with Gasteiger partial charge in [-0.3, -0.25) is 9.78 Å². The van der Waals surface area contributed by atoms with Crippen LogP contribution in [0.5, 0.6) is 5.75 Å². The molecular formula is C35H41N7O5. The number of carbonyl (C=O) groups is 2. The number of hydrogen-bond acceptors (Lipinski definition) is 11. The lowest BCUT2D eigenvalue weighted by Gasteiger charge is -2.36. The summed E-state index contributed by atoms with van der Waals surface area (Å²) in [7, 11) is 0. The van der Waals surface area contributed by atoms with Gasteiger partial charge in [0.05, 0.1) is 18.5 Å². The van der Waals surface area contributed by atoms with Crippen LogP contribution in [0.2, 0.25) is 0 Å². The van der Waals surface area contributed by atoms with E-state index < -0.39 is 5.60 Å². The molecule has 1 fully saturated rings. The number of nitrogens with zero attached hydrogens (tertiary/aromatic N) is 6. The lowest BCUT2D eigenvalue weighted by atomic mass is 10.1. The van der Waals surface area contributed by atoms with E-state index in [1.807, 2.05) is 69.3 Å². The number of benzene rings is 1. The summed E-state index contributed by atoms with van der Waals surface area (Å²) in [6.45, 7) is 10.5. The van der Waals surface area contributed by atoms with Crippen LogP contribution in [-0.4, -0.2) is 75.3 Å². The average molecular weight is 640 g/mol. The molecule has 3 aromatic heterocycles. The molecule has 0 spiro atoms. The van der Waals surface area contributed by atoms with Gasteiger partial charge in [-0.1, -0.05) is 12.1 Å². The fraction of sp³-hybridized carbons (Fsp3) is 0.371. The zero-order valence-corrected chi connectivity index (χ0v) is 27.3. The summed E-state index contributed by atoms with van der Waals surface area (Å²) in [6.07, 6.45) is 7.29. The van der Waals surface area contributed by atoms with Crippen molar-refractivity contribution in [2.24, 2.45) is 0 Å². The minimum Gasteiger partial charge on any atom is -0.489 e. The number of rotatable bonds is 11. The Morgan fingerprint density at radius 2 is 1.68 bits per heavy atom. The first-order chi connectivity index (χ1) is 22.6. The van der Waals surface area contributed by atoms with E-state index in [-0.39, 0.29) is 12.1 Å². The van der Waals surface area contributed by atoms with Crippen molar-refractivity contribution in [3.05, 3.63) is 84.4 Å². The number of aromatic nitrogens is 4. The molecule has 1 aliphatic rings. The molecule has 12 nitrogen and oxygen atoms in total. The molecule has 5 rings (SSSR count). The van der Waals surface area contributed by atoms with Gasteiger partial charge in [0.2, 0.25) is 0 Å². The SMILES string of the molecule is CCOC(=O)CCc1ccc(OCc2cc(Nc3cnccn3)nc(-c3ccnc(N4CCN(C(=O)OC(C)(C)C)CC4)c3)c2)cc1. The lowest BCUT2D eigenvalue weighted by molar-refractivity contribution is -0.143. The van der Waals surface area contributed by atoms with Crippen molar-refractivity contribution in [3.8, 4) is 17.0 Å². The van der Waals surface area contributed by atoms with E-state index in [0.29, 0.717) is 69.6 Å². The molecule has 0 unspecified atom stereocenters. The topological polar surface area (TPSA) is 132 Å². The van der Waals surface area contributed by atoms with Gasteiger partial charge in [-0.2, -0.15) is 0 Å². The predicted molar refractivity (Wildman–Crippen MR) is 179 cm³/mol. The number of amides is 1. The molecule has 0 saturated carbocycles. The third-order valence-corrected chi connectivity index (χ3v) is 7.25. The van der Waals surface area contributed by atoms with E-state index in [9.17, 15) is 9.59 Å². The lowest BCUT2D eigenvalue weighted by Crippen LogP contribution is -2.50. The van der Waals surface area contributed by atoms with Crippen LogP contribution in [0.25, 0.3) is 11.3 Å². The second-order valence-electron chi connectivity index (χ2n) is 12.1. The summed E-state index contributed by atoms with van der Waals surface area (Å²) in [6, 6.07) is 15.6. The molecule has 12 heteroatoms. The van der Waals surface area contributed by atoms with Crippen LogP contribution < -0.4 is 15.0 Å². The van der Waals surface area contributed by atoms with Gasteiger partial charge >= 0.3 is 12.1 Å². The van der Waals surface area contributed by atoms with E-state index in [4.69, 9.17) is 19.2 Å². The molecule has 1 amide bonds. The third-order valence-electron chi connectivity index (χ3n) is 7.25. The average Bonchev–Trinajstić information content (AvgIpc) is 3.07. The van der Waals surface area contributed by atoms with Gasteiger partial charge in [0.15, 0.2) is 0 Å². The quantitative estimate of drug-likeness (QED) is 0.200. The molecule has 246 valence electrons. The van der Waals surface area contributed by atoms with Crippen molar-refractivity contribution in [1.82, 2.24) is 24.8 Å². The fourth-order valence-electron chi connectivity index (χ4n) is 4.97. The van der Waals surface area contributed by atoms with E-state index in [1.54, 1.807) is 36.6 Å². The Labute approximate surface area is 275 Å². The largest absolute Gasteiger partial charge is 0.489 e. The van der Waals surface area contributed by atoms with Crippen LogP contribution in [0, 0.1) is 0 Å². The highest BCUT2D eigenvalue weighted by molar-refractivity contribution is 5.70. The smallest absolute Gasteiger partial charge is 0.410 e. The number of anilines is 3. The molecule has 4 aromatic rings. The summed E-state index contributed by atoms with van der Waals surface area (Å²) in [5, 5.41) is 3.25. The van der Waals surface area contributed by atoms with Crippen molar-refractivity contribution in [2.75, 3.05) is 43.0 Å². The number of aryl methyl sites for hydroxylation is 1. The number of ether oxygens (including phenoxy) is 3. The highest BCUT2D eigenvalue weighted by Gasteiger charge is 2.26. The number of hydrogen-bond donors (Lipinski definition) is 1. The van der Waals surface area contributed by atoms with Crippen molar-refractivity contribution in [2.45, 2.75) is 52.7 Å². The minimum absolute atomic E-state index is 0.200. The van der Waals surface area contributed by atoms with Gasteiger partial charge in [-0.25, -0.2) is 19.7 Å². The maximum Gasteiger partial charge on any atom is 0.410 e. The van der Waals surface area contributed by atoms with E-state index >= 15 is 0 Å². The number of nitrogens with one attached hydrogen (secondary N) is 1. The zero-order valence-electron chi connectivity index (χ0n) is 27.3. The first kappa shape index (κ1) is 33.1. The molecule has 1 aromatic carbocycles. The molecule has 0 bridgehead atoms. The summed E-state index contributed by atoms with van der Waals surface area (Å²) >= 11 is 0. The van der Waals surface area contributed by atoms with Crippen LogP contribution in [0.3, 0.4) is 0 Å². The molecule has 1 aliphatic heterocycles. The van der Waals surface area contributed by atoms with Crippen LogP contribution in [0.4, 0.5) is 22.2 Å². The molecule has 47 heavy (non-hydrogen) atoms. The first-order valence-electron chi connectivity index (χ1n) is 15.8. The molecule has 1 saturated heterocycles.